The molecule has 1 heterocycles. The van der Waals surface area contributed by atoms with E-state index < -0.39 is 11.6 Å². The lowest BCUT2D eigenvalue weighted by atomic mass is 9.94. The van der Waals surface area contributed by atoms with Crippen LogP contribution in [0.4, 0.5) is 8.78 Å². The zero-order valence-electron chi connectivity index (χ0n) is 13.7. The van der Waals surface area contributed by atoms with Gasteiger partial charge in [-0.05, 0) is 30.3 Å². The van der Waals surface area contributed by atoms with Gasteiger partial charge < -0.3 is 4.90 Å². The minimum absolute atomic E-state index is 0.0203. The van der Waals surface area contributed by atoms with Crippen LogP contribution in [0.15, 0.2) is 53.2 Å². The number of carbonyl (C=O) groups excluding carboxylic acids is 1. The van der Waals surface area contributed by atoms with Crippen LogP contribution in [0.3, 0.4) is 0 Å². The van der Waals surface area contributed by atoms with Crippen LogP contribution in [0.5, 0.6) is 0 Å². The lowest BCUT2D eigenvalue weighted by molar-refractivity contribution is 0.103. The number of fused-ring (bicyclic) bond motifs is 1. The molecular formula is C19H15ClF2N2O. The molecule has 0 atom stereocenters. The number of ketones is 1. The summed E-state index contributed by atoms with van der Waals surface area (Å²) in [7, 11) is 3.57. The lowest BCUT2D eigenvalue weighted by Gasteiger charge is -2.11. The monoisotopic (exact) mass is 360 g/mol. The molecule has 3 nitrogen and oxygen atoms in total. The van der Waals surface area contributed by atoms with Crippen LogP contribution in [0.2, 0.25) is 5.02 Å². The molecular weight excluding hydrogens is 346 g/mol. The summed E-state index contributed by atoms with van der Waals surface area (Å²) in [4.78, 5) is 18.9. The summed E-state index contributed by atoms with van der Waals surface area (Å²) in [5.41, 5.74) is 0.897. The van der Waals surface area contributed by atoms with Crippen molar-refractivity contribution in [1.82, 2.24) is 4.90 Å². The van der Waals surface area contributed by atoms with Crippen molar-refractivity contribution in [2.24, 2.45) is 4.99 Å². The normalized spacial score (nSPS) is 15.6. The third-order valence-electron chi connectivity index (χ3n) is 3.79. The number of hydrogen-bond donors (Lipinski definition) is 0. The van der Waals surface area contributed by atoms with Gasteiger partial charge in [0.25, 0.3) is 0 Å². The van der Waals surface area contributed by atoms with Gasteiger partial charge in [0, 0.05) is 42.0 Å². The number of benzene rings is 2. The van der Waals surface area contributed by atoms with Gasteiger partial charge in [0.15, 0.2) is 5.78 Å². The molecule has 0 aliphatic carbocycles. The second kappa shape index (κ2) is 6.76. The number of aliphatic imine (C=N–C) groups is 1. The topological polar surface area (TPSA) is 32.7 Å². The first-order valence-corrected chi connectivity index (χ1v) is 7.97. The van der Waals surface area contributed by atoms with Gasteiger partial charge in [-0.2, -0.15) is 0 Å². The molecule has 3 rings (SSSR count). The number of nitrogens with zero attached hydrogens (tertiary/aromatic N) is 2. The highest BCUT2D eigenvalue weighted by Crippen LogP contribution is 2.27. The van der Waals surface area contributed by atoms with Crippen molar-refractivity contribution < 1.29 is 13.6 Å². The van der Waals surface area contributed by atoms with E-state index in [1.165, 1.54) is 12.1 Å². The fraction of sp³-hybridized carbons (Fsp3) is 0.158. The molecule has 0 radical (unpaired) electrons. The minimum Gasteiger partial charge on any atom is -0.383 e. The van der Waals surface area contributed by atoms with Crippen molar-refractivity contribution in [3.05, 3.63) is 81.5 Å². The maximum atomic E-state index is 14.3. The van der Waals surface area contributed by atoms with Gasteiger partial charge in [-0.3, -0.25) is 9.79 Å². The van der Waals surface area contributed by atoms with E-state index in [1.54, 1.807) is 37.3 Å². The van der Waals surface area contributed by atoms with E-state index in [-0.39, 0.29) is 23.6 Å². The molecule has 0 aromatic heterocycles. The average Bonchev–Trinajstić information content (AvgIpc) is 2.66. The first kappa shape index (κ1) is 17.3. The van der Waals surface area contributed by atoms with E-state index in [9.17, 15) is 13.6 Å². The summed E-state index contributed by atoms with van der Waals surface area (Å²) in [5.74, 6) is -1.72. The maximum absolute atomic E-state index is 14.3. The molecule has 0 bridgehead atoms. The molecule has 0 fully saturated rings. The highest BCUT2D eigenvalue weighted by molar-refractivity contribution is 6.32. The van der Waals surface area contributed by atoms with E-state index >= 15 is 0 Å². The second-order valence-electron chi connectivity index (χ2n) is 5.90. The summed E-state index contributed by atoms with van der Waals surface area (Å²) in [6.07, 6.45) is 1.66. The van der Waals surface area contributed by atoms with Crippen LogP contribution in [0, 0.1) is 11.6 Å². The molecule has 2 aromatic carbocycles. The van der Waals surface area contributed by atoms with Crippen LogP contribution in [-0.2, 0) is 0 Å². The van der Waals surface area contributed by atoms with Crippen molar-refractivity contribution in [3.63, 3.8) is 0 Å². The summed E-state index contributed by atoms with van der Waals surface area (Å²) in [6.45, 7) is 0.0203. The highest BCUT2D eigenvalue weighted by Gasteiger charge is 2.27. The standard InChI is InChI=1S/C19H15ClF2N2O/c1-24(2)10-11-9-23-18(17-15(21)4-3-5-16(17)22)14-8-12(20)6-7-13(14)19(11)25/h3-8,10H,9H2,1-2H3/b11-10-. The van der Waals surface area contributed by atoms with Crippen molar-refractivity contribution >= 4 is 23.1 Å². The summed E-state index contributed by atoms with van der Waals surface area (Å²) >= 11 is 6.05. The minimum atomic E-state index is -0.739. The van der Waals surface area contributed by atoms with Gasteiger partial charge in [0.2, 0.25) is 0 Å². The van der Waals surface area contributed by atoms with Gasteiger partial charge in [-0.15, -0.1) is 0 Å². The predicted molar refractivity (Wildman–Crippen MR) is 94.4 cm³/mol. The Hall–Kier alpha value is -2.53. The molecule has 25 heavy (non-hydrogen) atoms. The lowest BCUT2D eigenvalue weighted by Crippen LogP contribution is -2.13. The largest absolute Gasteiger partial charge is 0.383 e. The van der Waals surface area contributed by atoms with Crippen molar-refractivity contribution in [3.8, 4) is 0 Å². The fourth-order valence-electron chi connectivity index (χ4n) is 2.75. The molecule has 0 saturated carbocycles. The fourth-order valence-corrected chi connectivity index (χ4v) is 2.93. The predicted octanol–water partition coefficient (Wildman–Crippen LogP) is 4.10. The molecule has 0 amide bonds. The molecule has 0 N–H and O–H groups in total. The number of carbonyl (C=O) groups is 1. The summed E-state index contributed by atoms with van der Waals surface area (Å²) < 4.78 is 28.6. The van der Waals surface area contributed by atoms with E-state index in [1.807, 2.05) is 0 Å². The Morgan fingerprint density at radius 2 is 1.80 bits per heavy atom. The van der Waals surface area contributed by atoms with E-state index in [0.29, 0.717) is 21.7 Å². The van der Waals surface area contributed by atoms with Gasteiger partial charge in [0.05, 0.1) is 17.8 Å². The van der Waals surface area contributed by atoms with Gasteiger partial charge >= 0.3 is 0 Å². The molecule has 0 spiro atoms. The maximum Gasteiger partial charge on any atom is 0.193 e. The van der Waals surface area contributed by atoms with Crippen LogP contribution in [0.1, 0.15) is 21.5 Å². The van der Waals surface area contributed by atoms with Crippen molar-refractivity contribution in [2.75, 3.05) is 20.6 Å². The zero-order valence-corrected chi connectivity index (χ0v) is 14.4. The highest BCUT2D eigenvalue weighted by atomic mass is 35.5. The Morgan fingerprint density at radius 3 is 2.44 bits per heavy atom. The number of rotatable bonds is 2. The molecule has 2 aromatic rings. The van der Waals surface area contributed by atoms with Crippen LogP contribution in [-0.4, -0.2) is 37.0 Å². The Balaban J connectivity index is 2.29. The number of hydrogen-bond acceptors (Lipinski definition) is 3. The summed E-state index contributed by atoms with van der Waals surface area (Å²) in [5, 5.41) is 0.357. The Labute approximate surface area is 149 Å². The van der Waals surface area contributed by atoms with E-state index in [4.69, 9.17) is 11.6 Å². The van der Waals surface area contributed by atoms with Gasteiger partial charge in [-0.1, -0.05) is 17.7 Å². The molecule has 0 unspecified atom stereocenters. The molecule has 6 heteroatoms. The van der Waals surface area contributed by atoms with Crippen LogP contribution >= 0.6 is 11.6 Å². The number of Topliss-reactive ketones (excluding diaryl/α,β-unsaturated/α-hetero) is 1. The third kappa shape index (κ3) is 3.33. The van der Waals surface area contributed by atoms with E-state index in [2.05, 4.69) is 4.99 Å². The Morgan fingerprint density at radius 1 is 1.12 bits per heavy atom. The summed E-state index contributed by atoms with van der Waals surface area (Å²) in [6, 6.07) is 8.25. The third-order valence-corrected chi connectivity index (χ3v) is 4.03. The van der Waals surface area contributed by atoms with Crippen LogP contribution < -0.4 is 0 Å². The Kier molecular flexibility index (Phi) is 4.68. The molecule has 128 valence electrons. The molecule has 0 saturated heterocycles. The van der Waals surface area contributed by atoms with E-state index in [0.717, 1.165) is 12.1 Å². The Bertz CT molecular complexity index is 899. The zero-order chi connectivity index (χ0) is 18.1. The van der Waals surface area contributed by atoms with Crippen molar-refractivity contribution in [1.29, 1.82) is 0 Å². The van der Waals surface area contributed by atoms with Gasteiger partial charge in [-0.25, -0.2) is 8.78 Å². The SMILES string of the molecule is CN(C)/C=C1/CN=C(c2c(F)cccc2F)c2cc(Cl)ccc2C1=O. The van der Waals surface area contributed by atoms with Crippen LogP contribution in [0.25, 0.3) is 0 Å². The quantitative estimate of drug-likeness (QED) is 0.755. The second-order valence-corrected chi connectivity index (χ2v) is 6.33. The molecule has 1 aliphatic heterocycles. The average molecular weight is 361 g/mol. The first-order valence-electron chi connectivity index (χ1n) is 7.59. The van der Waals surface area contributed by atoms with Crippen molar-refractivity contribution in [2.45, 2.75) is 0 Å². The van der Waals surface area contributed by atoms with Gasteiger partial charge in [0.1, 0.15) is 11.6 Å². The first-order chi connectivity index (χ1) is 11.9. The smallest absolute Gasteiger partial charge is 0.193 e. The molecule has 1 aliphatic rings. The number of halogens is 3.